The van der Waals surface area contributed by atoms with Crippen molar-refractivity contribution in [1.82, 2.24) is 9.88 Å². The highest BCUT2D eigenvalue weighted by Gasteiger charge is 2.37. The third-order valence-electron chi connectivity index (χ3n) is 4.74. The fraction of sp³-hybridized carbons (Fsp3) is 0.333. The average Bonchev–Trinajstić information content (AvgIpc) is 2.54. The van der Waals surface area contributed by atoms with E-state index in [9.17, 15) is 4.79 Å². The average molecular weight is 278 g/mol. The minimum Gasteiger partial charge on any atom is -0.331 e. The van der Waals surface area contributed by atoms with Gasteiger partial charge in [0.05, 0.1) is 17.3 Å². The van der Waals surface area contributed by atoms with Crippen molar-refractivity contribution in [1.29, 1.82) is 0 Å². The number of carbonyl (C=O) groups excluding carboxylic acids is 1. The van der Waals surface area contributed by atoms with Crippen molar-refractivity contribution in [2.24, 2.45) is 0 Å². The van der Waals surface area contributed by atoms with E-state index in [4.69, 9.17) is 0 Å². The lowest BCUT2D eigenvalue weighted by molar-refractivity contribution is 0.0629. The number of amides is 1. The molecule has 106 valence electrons. The van der Waals surface area contributed by atoms with E-state index in [2.05, 4.69) is 30.1 Å². The third-order valence-corrected chi connectivity index (χ3v) is 4.74. The molecule has 0 saturated carbocycles. The summed E-state index contributed by atoms with van der Waals surface area (Å²) in [7, 11) is 0. The molecule has 1 aromatic heterocycles. The molecule has 0 fully saturated rings. The lowest BCUT2D eigenvalue weighted by Gasteiger charge is -2.40. The largest absolute Gasteiger partial charge is 0.331 e. The normalized spacial score (nSPS) is 19.8. The molecule has 0 spiro atoms. The topological polar surface area (TPSA) is 33.2 Å². The molecule has 3 nitrogen and oxygen atoms in total. The summed E-state index contributed by atoms with van der Waals surface area (Å²) in [6.07, 6.45) is 4.64. The Bertz CT molecular complexity index is 723. The molecule has 2 aliphatic rings. The Labute approximate surface area is 124 Å². The van der Waals surface area contributed by atoms with Crippen LogP contribution < -0.4 is 0 Å². The number of aryl methyl sites for hydroxylation is 1. The first-order chi connectivity index (χ1) is 10.3. The van der Waals surface area contributed by atoms with Crippen molar-refractivity contribution in [2.75, 3.05) is 6.54 Å². The molecule has 0 bridgehead atoms. The first-order valence-corrected chi connectivity index (χ1v) is 7.64. The Balaban J connectivity index is 1.80. The molecule has 1 atom stereocenters. The maximum absolute atomic E-state index is 12.7. The summed E-state index contributed by atoms with van der Waals surface area (Å²) in [5.74, 6) is 0.138. The number of carbonyl (C=O) groups is 1. The Kier molecular flexibility index (Phi) is 2.81. The Morgan fingerprint density at radius 1 is 1.33 bits per heavy atom. The second-order valence-electron chi connectivity index (χ2n) is 5.85. The lowest BCUT2D eigenvalue weighted by Crippen LogP contribution is -2.44. The van der Waals surface area contributed by atoms with E-state index in [1.165, 1.54) is 16.7 Å². The van der Waals surface area contributed by atoms with Crippen LogP contribution in [0.25, 0.3) is 0 Å². The van der Waals surface area contributed by atoms with Crippen molar-refractivity contribution in [3.05, 3.63) is 64.5 Å². The van der Waals surface area contributed by atoms with Gasteiger partial charge in [0.2, 0.25) is 0 Å². The number of fused-ring (bicyclic) bond motifs is 4. The van der Waals surface area contributed by atoms with Crippen LogP contribution in [-0.4, -0.2) is 22.3 Å². The maximum Gasteiger partial charge on any atom is 0.256 e. The summed E-state index contributed by atoms with van der Waals surface area (Å²) >= 11 is 0. The van der Waals surface area contributed by atoms with Crippen LogP contribution in [0.5, 0.6) is 0 Å². The van der Waals surface area contributed by atoms with Gasteiger partial charge in [0.25, 0.3) is 5.91 Å². The number of pyridine rings is 1. The van der Waals surface area contributed by atoms with Gasteiger partial charge < -0.3 is 4.90 Å². The summed E-state index contributed by atoms with van der Waals surface area (Å²) in [5, 5.41) is 0. The first kappa shape index (κ1) is 12.6. The van der Waals surface area contributed by atoms with E-state index < -0.39 is 0 Å². The highest BCUT2D eigenvalue weighted by Crippen LogP contribution is 2.37. The first-order valence-electron chi connectivity index (χ1n) is 7.64. The summed E-state index contributed by atoms with van der Waals surface area (Å²) in [6.45, 7) is 3.00. The zero-order chi connectivity index (χ0) is 14.4. The van der Waals surface area contributed by atoms with Crippen LogP contribution in [-0.2, 0) is 19.3 Å². The van der Waals surface area contributed by atoms with Crippen molar-refractivity contribution < 1.29 is 4.79 Å². The lowest BCUT2D eigenvalue weighted by atomic mass is 9.85. The molecule has 0 radical (unpaired) electrons. The Morgan fingerprint density at radius 2 is 2.24 bits per heavy atom. The van der Waals surface area contributed by atoms with Gasteiger partial charge in [-0.15, -0.1) is 0 Å². The van der Waals surface area contributed by atoms with Gasteiger partial charge in [0, 0.05) is 19.2 Å². The van der Waals surface area contributed by atoms with Crippen LogP contribution in [0.2, 0.25) is 0 Å². The van der Waals surface area contributed by atoms with Gasteiger partial charge in [-0.3, -0.25) is 9.78 Å². The van der Waals surface area contributed by atoms with Crippen LogP contribution in [0.3, 0.4) is 0 Å². The maximum atomic E-state index is 12.7. The van der Waals surface area contributed by atoms with Gasteiger partial charge in [0.15, 0.2) is 0 Å². The predicted molar refractivity (Wildman–Crippen MR) is 81.2 cm³/mol. The summed E-state index contributed by atoms with van der Waals surface area (Å²) in [6, 6.07) is 10.6. The van der Waals surface area contributed by atoms with Gasteiger partial charge in [-0.25, -0.2) is 0 Å². The van der Waals surface area contributed by atoms with Gasteiger partial charge in [0.1, 0.15) is 0 Å². The Hall–Kier alpha value is -2.16. The summed E-state index contributed by atoms with van der Waals surface area (Å²) < 4.78 is 0. The van der Waals surface area contributed by atoms with Crippen molar-refractivity contribution in [2.45, 2.75) is 32.2 Å². The van der Waals surface area contributed by atoms with Crippen LogP contribution in [0.4, 0.5) is 0 Å². The molecule has 1 aromatic carbocycles. The molecule has 2 aromatic rings. The van der Waals surface area contributed by atoms with E-state index in [0.29, 0.717) is 0 Å². The standard InChI is InChI=1S/C18H18N2O/c1-2-12-5-6-14-13(10-12)7-9-20-17(14)11-16-15(18(20)21)4-3-8-19-16/h3-6,8,10,17H,2,7,9,11H2,1H3. The van der Waals surface area contributed by atoms with Gasteiger partial charge in [-0.2, -0.15) is 0 Å². The fourth-order valence-corrected chi connectivity index (χ4v) is 3.58. The molecule has 0 saturated heterocycles. The number of rotatable bonds is 1. The van der Waals surface area contributed by atoms with E-state index in [0.717, 1.165) is 37.1 Å². The highest BCUT2D eigenvalue weighted by molar-refractivity contribution is 5.96. The fourth-order valence-electron chi connectivity index (χ4n) is 3.58. The second kappa shape index (κ2) is 4.69. The molecule has 1 unspecified atom stereocenters. The molecule has 21 heavy (non-hydrogen) atoms. The smallest absolute Gasteiger partial charge is 0.256 e. The van der Waals surface area contributed by atoms with E-state index in [1.54, 1.807) is 6.20 Å². The number of hydrogen-bond acceptors (Lipinski definition) is 2. The van der Waals surface area contributed by atoms with Crippen molar-refractivity contribution in [3.63, 3.8) is 0 Å². The highest BCUT2D eigenvalue weighted by atomic mass is 16.2. The Morgan fingerprint density at radius 3 is 3.10 bits per heavy atom. The minimum atomic E-state index is 0.138. The zero-order valence-corrected chi connectivity index (χ0v) is 12.2. The van der Waals surface area contributed by atoms with Gasteiger partial charge in [-0.05, 0) is 41.7 Å². The van der Waals surface area contributed by atoms with Crippen LogP contribution in [0.15, 0.2) is 36.5 Å². The molecule has 1 amide bonds. The number of aromatic nitrogens is 1. The molecule has 0 N–H and O–H groups in total. The van der Waals surface area contributed by atoms with Crippen molar-refractivity contribution >= 4 is 5.91 Å². The van der Waals surface area contributed by atoms with Gasteiger partial charge in [-0.1, -0.05) is 25.1 Å². The molecule has 4 rings (SSSR count). The molecule has 3 heterocycles. The molecule has 2 aliphatic heterocycles. The monoisotopic (exact) mass is 278 g/mol. The van der Waals surface area contributed by atoms with Crippen LogP contribution in [0.1, 0.15) is 45.7 Å². The van der Waals surface area contributed by atoms with E-state index in [1.807, 2.05) is 17.0 Å². The number of nitrogens with zero attached hydrogens (tertiary/aromatic N) is 2. The van der Waals surface area contributed by atoms with Crippen molar-refractivity contribution in [3.8, 4) is 0 Å². The third kappa shape index (κ3) is 1.88. The zero-order valence-electron chi connectivity index (χ0n) is 12.2. The van der Waals surface area contributed by atoms with E-state index >= 15 is 0 Å². The summed E-state index contributed by atoms with van der Waals surface area (Å²) in [5.41, 5.74) is 5.81. The van der Waals surface area contributed by atoms with E-state index in [-0.39, 0.29) is 11.9 Å². The minimum absolute atomic E-state index is 0.138. The molecule has 0 aliphatic carbocycles. The number of hydrogen-bond donors (Lipinski definition) is 0. The number of benzene rings is 1. The quantitative estimate of drug-likeness (QED) is 0.803. The molecular weight excluding hydrogens is 260 g/mol. The molecule has 3 heteroatoms. The summed E-state index contributed by atoms with van der Waals surface area (Å²) in [4.78, 5) is 19.1. The predicted octanol–water partition coefficient (Wildman–Crippen LogP) is 2.94. The van der Waals surface area contributed by atoms with Crippen LogP contribution in [0, 0.1) is 0 Å². The molecular formula is C18H18N2O. The van der Waals surface area contributed by atoms with Gasteiger partial charge >= 0.3 is 0 Å². The van der Waals surface area contributed by atoms with Crippen LogP contribution >= 0.6 is 0 Å². The second-order valence-corrected chi connectivity index (χ2v) is 5.85. The SMILES string of the molecule is CCc1ccc2c(c1)CCN1C(=O)c3cccnc3CC21.